The van der Waals surface area contributed by atoms with E-state index in [1.54, 1.807) is 30.3 Å². The molecule has 0 atom stereocenters. The fourth-order valence-electron chi connectivity index (χ4n) is 1.61. The zero-order valence-electron chi connectivity index (χ0n) is 11.1. The standard InChI is InChI=1S/C15H10F3NO3/c16-15(17,18)9-21-13-6-11(19-10-20)7-14(8-13)22-12-4-2-1-3-5-12/h1-8H,9H2. The van der Waals surface area contributed by atoms with E-state index in [0.717, 1.165) is 0 Å². The smallest absolute Gasteiger partial charge is 0.422 e. The predicted molar refractivity (Wildman–Crippen MR) is 72.3 cm³/mol. The van der Waals surface area contributed by atoms with Gasteiger partial charge in [0.05, 0.1) is 5.69 Å². The van der Waals surface area contributed by atoms with Crippen LogP contribution in [0.3, 0.4) is 0 Å². The molecule has 0 radical (unpaired) electrons. The Balaban J connectivity index is 2.25. The molecule has 0 saturated carbocycles. The normalized spacial score (nSPS) is 10.7. The molecule has 0 N–H and O–H groups in total. The summed E-state index contributed by atoms with van der Waals surface area (Å²) in [5.41, 5.74) is 0.0839. The Morgan fingerprint density at radius 2 is 1.68 bits per heavy atom. The maximum atomic E-state index is 12.2. The summed E-state index contributed by atoms with van der Waals surface area (Å²) in [6, 6.07) is 12.5. The van der Waals surface area contributed by atoms with Gasteiger partial charge in [0.1, 0.15) is 17.2 Å². The van der Waals surface area contributed by atoms with Crippen molar-refractivity contribution in [1.82, 2.24) is 0 Å². The van der Waals surface area contributed by atoms with Crippen LogP contribution in [0.1, 0.15) is 0 Å². The van der Waals surface area contributed by atoms with Crippen molar-refractivity contribution < 1.29 is 27.4 Å². The van der Waals surface area contributed by atoms with E-state index in [0.29, 0.717) is 5.75 Å². The number of carbonyl (C=O) groups excluding carboxylic acids is 1. The van der Waals surface area contributed by atoms with Gasteiger partial charge in [-0.3, -0.25) is 0 Å². The first-order valence-corrected chi connectivity index (χ1v) is 6.12. The highest BCUT2D eigenvalue weighted by atomic mass is 19.4. The number of ether oxygens (including phenoxy) is 2. The van der Waals surface area contributed by atoms with E-state index in [-0.39, 0.29) is 17.2 Å². The lowest BCUT2D eigenvalue weighted by Crippen LogP contribution is -2.19. The molecule has 7 heteroatoms. The summed E-state index contributed by atoms with van der Waals surface area (Å²) in [7, 11) is 0. The van der Waals surface area contributed by atoms with Crippen molar-refractivity contribution in [2.75, 3.05) is 6.61 Å². The first kappa shape index (κ1) is 15.6. The second-order valence-corrected chi connectivity index (χ2v) is 4.18. The zero-order chi connectivity index (χ0) is 16.0. The van der Waals surface area contributed by atoms with Crippen molar-refractivity contribution in [1.29, 1.82) is 0 Å². The maximum absolute atomic E-state index is 12.2. The molecule has 0 amide bonds. The molecular formula is C15H10F3NO3. The van der Waals surface area contributed by atoms with Gasteiger partial charge < -0.3 is 9.47 Å². The van der Waals surface area contributed by atoms with Crippen LogP contribution >= 0.6 is 0 Å². The molecule has 0 bridgehead atoms. The monoisotopic (exact) mass is 309 g/mol. The molecule has 0 aliphatic heterocycles. The number of rotatable bonds is 5. The third-order valence-corrected chi connectivity index (χ3v) is 2.42. The molecule has 2 aromatic rings. The van der Waals surface area contributed by atoms with Gasteiger partial charge >= 0.3 is 6.18 Å². The second kappa shape index (κ2) is 6.78. The first-order chi connectivity index (χ1) is 10.5. The Morgan fingerprint density at radius 3 is 2.32 bits per heavy atom. The van der Waals surface area contributed by atoms with E-state index >= 15 is 0 Å². The highest BCUT2D eigenvalue weighted by Gasteiger charge is 2.28. The van der Waals surface area contributed by atoms with Gasteiger partial charge in [-0.1, -0.05) is 18.2 Å². The molecule has 4 nitrogen and oxygen atoms in total. The number of nitrogens with zero attached hydrogens (tertiary/aromatic N) is 1. The fraction of sp³-hybridized carbons (Fsp3) is 0.133. The number of isocyanates is 1. The Labute approximate surface area is 123 Å². The van der Waals surface area contributed by atoms with Crippen LogP contribution in [0, 0.1) is 0 Å². The van der Waals surface area contributed by atoms with E-state index in [4.69, 9.17) is 4.74 Å². The van der Waals surface area contributed by atoms with Crippen molar-refractivity contribution in [3.63, 3.8) is 0 Å². The molecule has 22 heavy (non-hydrogen) atoms. The van der Waals surface area contributed by atoms with Crippen LogP contribution in [0.25, 0.3) is 0 Å². The van der Waals surface area contributed by atoms with Gasteiger partial charge in [-0.2, -0.15) is 18.2 Å². The van der Waals surface area contributed by atoms with Crippen molar-refractivity contribution in [3.8, 4) is 17.2 Å². The van der Waals surface area contributed by atoms with Crippen molar-refractivity contribution >= 4 is 11.8 Å². The molecule has 0 unspecified atom stereocenters. The van der Waals surface area contributed by atoms with Gasteiger partial charge in [0.25, 0.3) is 0 Å². The van der Waals surface area contributed by atoms with Crippen molar-refractivity contribution in [3.05, 3.63) is 48.5 Å². The molecule has 114 valence electrons. The fourth-order valence-corrected chi connectivity index (χ4v) is 1.61. The SMILES string of the molecule is O=C=Nc1cc(OCC(F)(F)F)cc(Oc2ccccc2)c1. The van der Waals surface area contributed by atoms with E-state index in [1.807, 2.05) is 0 Å². The number of para-hydroxylation sites is 1. The molecule has 0 aromatic heterocycles. The average molecular weight is 309 g/mol. The maximum Gasteiger partial charge on any atom is 0.422 e. The van der Waals surface area contributed by atoms with Crippen LogP contribution in [0.2, 0.25) is 0 Å². The van der Waals surface area contributed by atoms with E-state index in [2.05, 4.69) is 9.73 Å². The van der Waals surface area contributed by atoms with Gasteiger partial charge in [0.2, 0.25) is 6.08 Å². The molecule has 2 rings (SSSR count). The molecule has 0 saturated heterocycles. The average Bonchev–Trinajstić information content (AvgIpc) is 2.46. The Bertz CT molecular complexity index is 680. The van der Waals surface area contributed by atoms with Crippen LogP contribution in [0.5, 0.6) is 17.2 Å². The second-order valence-electron chi connectivity index (χ2n) is 4.18. The van der Waals surface area contributed by atoms with Crippen molar-refractivity contribution in [2.24, 2.45) is 4.99 Å². The number of hydrogen-bond donors (Lipinski definition) is 0. The largest absolute Gasteiger partial charge is 0.484 e. The lowest BCUT2D eigenvalue weighted by Gasteiger charge is -2.11. The number of hydrogen-bond acceptors (Lipinski definition) is 4. The minimum Gasteiger partial charge on any atom is -0.484 e. The van der Waals surface area contributed by atoms with Crippen LogP contribution in [-0.2, 0) is 4.79 Å². The summed E-state index contributed by atoms with van der Waals surface area (Å²) >= 11 is 0. The number of halogens is 3. The predicted octanol–water partition coefficient (Wildman–Crippen LogP) is 4.39. The van der Waals surface area contributed by atoms with Gasteiger partial charge in [-0.25, -0.2) is 4.79 Å². The molecule has 0 aliphatic carbocycles. The summed E-state index contributed by atoms with van der Waals surface area (Å²) in [4.78, 5) is 13.7. The van der Waals surface area contributed by atoms with Crippen LogP contribution in [0.4, 0.5) is 18.9 Å². The van der Waals surface area contributed by atoms with Gasteiger partial charge in [0.15, 0.2) is 6.61 Å². The Hall–Kier alpha value is -2.79. The summed E-state index contributed by atoms with van der Waals surface area (Å²) in [6.45, 7) is -1.45. The summed E-state index contributed by atoms with van der Waals surface area (Å²) < 4.78 is 46.7. The third kappa shape index (κ3) is 4.96. The number of alkyl halides is 3. The third-order valence-electron chi connectivity index (χ3n) is 2.42. The minimum absolute atomic E-state index is 0.0839. The molecule has 0 fully saturated rings. The summed E-state index contributed by atoms with van der Waals surface area (Å²) in [5, 5.41) is 0. The van der Waals surface area contributed by atoms with Crippen LogP contribution < -0.4 is 9.47 Å². The first-order valence-electron chi connectivity index (χ1n) is 6.12. The van der Waals surface area contributed by atoms with E-state index in [1.165, 1.54) is 24.3 Å². The van der Waals surface area contributed by atoms with Gasteiger partial charge in [0, 0.05) is 18.2 Å². The van der Waals surface area contributed by atoms with Gasteiger partial charge in [-0.15, -0.1) is 0 Å². The Kier molecular flexibility index (Phi) is 4.80. The quantitative estimate of drug-likeness (QED) is 0.608. The molecule has 2 aromatic carbocycles. The lowest BCUT2D eigenvalue weighted by molar-refractivity contribution is -0.153. The zero-order valence-corrected chi connectivity index (χ0v) is 11.1. The van der Waals surface area contributed by atoms with Gasteiger partial charge in [-0.05, 0) is 12.1 Å². The van der Waals surface area contributed by atoms with E-state index < -0.39 is 12.8 Å². The van der Waals surface area contributed by atoms with Crippen LogP contribution in [0.15, 0.2) is 53.5 Å². The molecule has 0 spiro atoms. The number of benzene rings is 2. The molecule has 0 heterocycles. The number of aliphatic imine (C=N–C) groups is 1. The highest BCUT2D eigenvalue weighted by Crippen LogP contribution is 2.31. The van der Waals surface area contributed by atoms with E-state index in [9.17, 15) is 18.0 Å². The Morgan fingerprint density at radius 1 is 1.00 bits per heavy atom. The molecular weight excluding hydrogens is 299 g/mol. The minimum atomic E-state index is -4.47. The van der Waals surface area contributed by atoms with Crippen molar-refractivity contribution in [2.45, 2.75) is 6.18 Å². The summed E-state index contributed by atoms with van der Waals surface area (Å²) in [6.07, 6.45) is -3.15. The summed E-state index contributed by atoms with van der Waals surface area (Å²) in [5.74, 6) is 0.566. The topological polar surface area (TPSA) is 47.9 Å². The van der Waals surface area contributed by atoms with Crippen LogP contribution in [-0.4, -0.2) is 18.9 Å². The molecule has 0 aliphatic rings. The lowest BCUT2D eigenvalue weighted by atomic mass is 10.2. The highest BCUT2D eigenvalue weighted by molar-refractivity contribution is 5.55.